The number of esters is 1. The first kappa shape index (κ1) is 14.6. The molecule has 0 aromatic heterocycles. The third-order valence-corrected chi connectivity index (χ3v) is 2.13. The van der Waals surface area contributed by atoms with Gasteiger partial charge >= 0.3 is 5.97 Å². The van der Waals surface area contributed by atoms with Gasteiger partial charge in [0.25, 0.3) is 0 Å². The summed E-state index contributed by atoms with van der Waals surface area (Å²) in [4.78, 5) is 21.3. The topological polar surface area (TPSA) is 43.4 Å². The lowest BCUT2D eigenvalue weighted by molar-refractivity contribution is -0.133. The molecule has 0 heterocycles. The summed E-state index contributed by atoms with van der Waals surface area (Å²) < 4.78 is 4.78. The van der Waals surface area contributed by atoms with Crippen molar-refractivity contribution in [1.82, 2.24) is 0 Å². The molecule has 0 amide bonds. The molecule has 0 aromatic rings. The van der Waals surface area contributed by atoms with E-state index in [-0.39, 0.29) is 5.92 Å². The molecule has 3 heteroatoms. The average Bonchev–Trinajstić information content (AvgIpc) is 2.26. The first-order chi connectivity index (χ1) is 7.57. The van der Waals surface area contributed by atoms with Gasteiger partial charge < -0.3 is 9.53 Å². The van der Waals surface area contributed by atoms with E-state index in [0.717, 1.165) is 32.0 Å². The van der Waals surface area contributed by atoms with E-state index in [2.05, 4.69) is 6.58 Å². The highest BCUT2D eigenvalue weighted by Gasteiger charge is 1.99. The number of carbonyl (C=O) groups excluding carboxylic acids is 2. The van der Waals surface area contributed by atoms with Crippen LogP contribution in [-0.4, -0.2) is 12.3 Å². The molecule has 0 spiro atoms. The number of hydrogen-bond acceptors (Lipinski definition) is 3. The highest BCUT2D eigenvalue weighted by molar-refractivity contribution is 5.87. The maximum absolute atomic E-state index is 10.9. The number of ether oxygens (including phenoxy) is 1. The first-order valence-corrected chi connectivity index (χ1v) is 5.54. The van der Waals surface area contributed by atoms with Crippen LogP contribution in [0.15, 0.2) is 24.5 Å². The minimum atomic E-state index is -0.397. The van der Waals surface area contributed by atoms with Crippen LogP contribution in [0.5, 0.6) is 0 Å². The minimum absolute atomic E-state index is 0.144. The van der Waals surface area contributed by atoms with Gasteiger partial charge in [-0.3, -0.25) is 0 Å². The van der Waals surface area contributed by atoms with Gasteiger partial charge in [-0.1, -0.05) is 19.9 Å². The SMILES string of the molecule is C=C(C)C(=O)OC=CCCCCC(C)C=O. The van der Waals surface area contributed by atoms with Crippen LogP contribution in [-0.2, 0) is 14.3 Å². The molecule has 0 aliphatic rings. The molecule has 0 aromatic carbocycles. The molecule has 0 bridgehead atoms. The van der Waals surface area contributed by atoms with E-state index in [0.29, 0.717) is 5.57 Å². The van der Waals surface area contributed by atoms with Gasteiger partial charge in [-0.15, -0.1) is 0 Å². The normalized spacial score (nSPS) is 12.4. The Labute approximate surface area is 97.2 Å². The lowest BCUT2D eigenvalue weighted by Crippen LogP contribution is -1.98. The molecule has 0 aliphatic carbocycles. The van der Waals surface area contributed by atoms with Gasteiger partial charge in [0.1, 0.15) is 6.29 Å². The molecule has 0 radical (unpaired) electrons. The van der Waals surface area contributed by atoms with Crippen LogP contribution >= 0.6 is 0 Å². The molecule has 16 heavy (non-hydrogen) atoms. The van der Waals surface area contributed by atoms with Crippen molar-refractivity contribution in [2.45, 2.75) is 39.5 Å². The second kappa shape index (κ2) is 8.89. The zero-order chi connectivity index (χ0) is 12.4. The van der Waals surface area contributed by atoms with Crippen molar-refractivity contribution in [3.05, 3.63) is 24.5 Å². The fourth-order valence-electron chi connectivity index (χ4n) is 1.08. The van der Waals surface area contributed by atoms with Crippen LogP contribution in [0.4, 0.5) is 0 Å². The Morgan fingerprint density at radius 1 is 1.44 bits per heavy atom. The molecule has 0 fully saturated rings. The zero-order valence-corrected chi connectivity index (χ0v) is 10.1. The minimum Gasteiger partial charge on any atom is -0.431 e. The summed E-state index contributed by atoms with van der Waals surface area (Å²) >= 11 is 0. The van der Waals surface area contributed by atoms with Crippen LogP contribution in [0, 0.1) is 5.92 Å². The average molecular weight is 224 g/mol. The predicted molar refractivity (Wildman–Crippen MR) is 63.7 cm³/mol. The molecule has 1 atom stereocenters. The summed E-state index contributed by atoms with van der Waals surface area (Å²) in [6.45, 7) is 6.99. The van der Waals surface area contributed by atoms with Crippen molar-refractivity contribution in [3.8, 4) is 0 Å². The maximum atomic E-state index is 10.9. The molecular weight excluding hydrogens is 204 g/mol. The standard InChI is InChI=1S/C13H20O3/c1-11(2)13(15)16-9-7-5-4-6-8-12(3)10-14/h7,9-10,12H,1,4-6,8H2,2-3H3. The molecule has 0 saturated carbocycles. The monoisotopic (exact) mass is 224 g/mol. The van der Waals surface area contributed by atoms with Crippen molar-refractivity contribution in [2.24, 2.45) is 5.92 Å². The first-order valence-electron chi connectivity index (χ1n) is 5.54. The van der Waals surface area contributed by atoms with Crippen LogP contribution in [0.1, 0.15) is 39.5 Å². The Kier molecular flexibility index (Phi) is 8.12. The summed E-state index contributed by atoms with van der Waals surface area (Å²) in [6.07, 6.45) is 7.98. The van der Waals surface area contributed by atoms with Gasteiger partial charge in [0.15, 0.2) is 0 Å². The van der Waals surface area contributed by atoms with Gasteiger partial charge in [0.2, 0.25) is 0 Å². The van der Waals surface area contributed by atoms with Crippen LogP contribution in [0.2, 0.25) is 0 Å². The van der Waals surface area contributed by atoms with Gasteiger partial charge in [0.05, 0.1) is 6.26 Å². The number of unbranched alkanes of at least 4 members (excludes halogenated alkanes) is 2. The van der Waals surface area contributed by atoms with Gasteiger partial charge in [-0.25, -0.2) is 4.79 Å². The molecule has 1 unspecified atom stereocenters. The third kappa shape index (κ3) is 7.97. The number of hydrogen-bond donors (Lipinski definition) is 0. The van der Waals surface area contributed by atoms with E-state index in [1.807, 2.05) is 13.0 Å². The van der Waals surface area contributed by atoms with Crippen molar-refractivity contribution < 1.29 is 14.3 Å². The molecular formula is C13H20O3. The van der Waals surface area contributed by atoms with Crippen molar-refractivity contribution in [2.75, 3.05) is 0 Å². The molecule has 0 N–H and O–H groups in total. The highest BCUT2D eigenvalue weighted by Crippen LogP contribution is 2.07. The largest absolute Gasteiger partial charge is 0.431 e. The second-order valence-corrected chi connectivity index (χ2v) is 3.96. The number of aldehydes is 1. The van der Waals surface area contributed by atoms with Gasteiger partial charge in [-0.05, 0) is 32.3 Å². The zero-order valence-electron chi connectivity index (χ0n) is 10.1. The summed E-state index contributed by atoms with van der Waals surface area (Å²) in [7, 11) is 0. The molecule has 0 saturated heterocycles. The number of rotatable bonds is 8. The Bertz CT molecular complexity index is 266. The van der Waals surface area contributed by atoms with E-state index in [9.17, 15) is 9.59 Å². The lowest BCUT2D eigenvalue weighted by Gasteiger charge is -2.01. The summed E-state index contributed by atoms with van der Waals surface area (Å²) in [6, 6.07) is 0. The van der Waals surface area contributed by atoms with E-state index in [4.69, 9.17) is 4.74 Å². The molecule has 90 valence electrons. The van der Waals surface area contributed by atoms with E-state index in [1.165, 1.54) is 6.26 Å². The van der Waals surface area contributed by atoms with Crippen LogP contribution in [0.3, 0.4) is 0 Å². The highest BCUT2D eigenvalue weighted by atomic mass is 16.5. The van der Waals surface area contributed by atoms with Crippen molar-refractivity contribution >= 4 is 12.3 Å². The van der Waals surface area contributed by atoms with Crippen LogP contribution < -0.4 is 0 Å². The summed E-state index contributed by atoms with van der Waals surface area (Å²) in [5.74, 6) is -0.254. The van der Waals surface area contributed by atoms with Crippen molar-refractivity contribution in [1.29, 1.82) is 0 Å². The van der Waals surface area contributed by atoms with E-state index < -0.39 is 5.97 Å². The number of carbonyl (C=O) groups is 2. The fourth-order valence-corrected chi connectivity index (χ4v) is 1.08. The molecule has 3 nitrogen and oxygen atoms in total. The van der Waals surface area contributed by atoms with E-state index in [1.54, 1.807) is 6.92 Å². The Morgan fingerprint density at radius 3 is 2.69 bits per heavy atom. The Balaban J connectivity index is 3.45. The Morgan fingerprint density at radius 2 is 2.12 bits per heavy atom. The second-order valence-electron chi connectivity index (χ2n) is 3.96. The van der Waals surface area contributed by atoms with E-state index >= 15 is 0 Å². The fraction of sp³-hybridized carbons (Fsp3) is 0.538. The molecule has 0 rings (SSSR count). The maximum Gasteiger partial charge on any atom is 0.337 e. The Hall–Kier alpha value is -1.38. The van der Waals surface area contributed by atoms with Crippen molar-refractivity contribution in [3.63, 3.8) is 0 Å². The van der Waals surface area contributed by atoms with Gasteiger partial charge in [-0.2, -0.15) is 0 Å². The third-order valence-electron chi connectivity index (χ3n) is 2.13. The lowest BCUT2D eigenvalue weighted by atomic mass is 10.1. The number of allylic oxidation sites excluding steroid dienone is 1. The predicted octanol–water partition coefficient (Wildman–Crippen LogP) is 3.01. The quantitative estimate of drug-likeness (QED) is 0.209. The van der Waals surface area contributed by atoms with Gasteiger partial charge in [0, 0.05) is 11.5 Å². The van der Waals surface area contributed by atoms with Crippen LogP contribution in [0.25, 0.3) is 0 Å². The summed E-state index contributed by atoms with van der Waals surface area (Å²) in [5, 5.41) is 0. The molecule has 0 aliphatic heterocycles. The summed E-state index contributed by atoms with van der Waals surface area (Å²) in [5.41, 5.74) is 0.393. The smallest absolute Gasteiger partial charge is 0.337 e.